The predicted octanol–water partition coefficient (Wildman–Crippen LogP) is 5.19. The van der Waals surface area contributed by atoms with Gasteiger partial charge in [-0.3, -0.25) is 0 Å². The number of furan rings is 1. The molecule has 3 aromatic rings. The van der Waals surface area contributed by atoms with Gasteiger partial charge in [0.05, 0.1) is 6.04 Å². The Morgan fingerprint density at radius 1 is 1.19 bits per heavy atom. The fourth-order valence-electron chi connectivity index (χ4n) is 2.24. The number of para-hydroxylation sites is 1. The maximum Gasteiger partial charge on any atom is 0.134 e. The van der Waals surface area contributed by atoms with Crippen molar-refractivity contribution in [2.75, 3.05) is 0 Å². The van der Waals surface area contributed by atoms with Crippen molar-refractivity contribution in [1.82, 2.24) is 5.32 Å². The average molecular weight is 348 g/mol. The van der Waals surface area contributed by atoms with Gasteiger partial charge in [0.25, 0.3) is 0 Å². The van der Waals surface area contributed by atoms with Gasteiger partial charge in [0.1, 0.15) is 17.2 Å². The molecule has 4 heteroatoms. The minimum Gasteiger partial charge on any atom is -0.459 e. The highest BCUT2D eigenvalue weighted by molar-refractivity contribution is 9.10. The third kappa shape index (κ3) is 3.17. The van der Waals surface area contributed by atoms with E-state index in [1.54, 1.807) is 6.07 Å². The van der Waals surface area contributed by atoms with Crippen LogP contribution in [0.3, 0.4) is 0 Å². The van der Waals surface area contributed by atoms with Crippen molar-refractivity contribution in [1.29, 1.82) is 0 Å². The summed E-state index contributed by atoms with van der Waals surface area (Å²) >= 11 is 3.38. The normalized spacial score (nSPS) is 12.7. The van der Waals surface area contributed by atoms with Gasteiger partial charge in [-0.05, 0) is 36.8 Å². The molecule has 0 radical (unpaired) electrons. The highest BCUT2D eigenvalue weighted by Crippen LogP contribution is 2.24. The topological polar surface area (TPSA) is 25.2 Å². The van der Waals surface area contributed by atoms with Crippen LogP contribution in [0.1, 0.15) is 24.3 Å². The first kappa shape index (κ1) is 14.3. The van der Waals surface area contributed by atoms with E-state index in [1.165, 1.54) is 12.1 Å². The summed E-state index contributed by atoms with van der Waals surface area (Å²) in [5.41, 5.74) is 1.91. The van der Waals surface area contributed by atoms with Gasteiger partial charge in [-0.15, -0.1) is 0 Å². The first-order chi connectivity index (χ1) is 10.1. The van der Waals surface area contributed by atoms with Crippen LogP contribution in [0.4, 0.5) is 4.39 Å². The minimum atomic E-state index is -0.240. The third-order valence-corrected chi connectivity index (χ3v) is 4.22. The molecule has 2 nitrogen and oxygen atoms in total. The van der Waals surface area contributed by atoms with E-state index in [2.05, 4.69) is 28.2 Å². The summed E-state index contributed by atoms with van der Waals surface area (Å²) < 4.78 is 19.7. The maximum absolute atomic E-state index is 13.1. The largest absolute Gasteiger partial charge is 0.459 e. The Morgan fingerprint density at radius 2 is 2.00 bits per heavy atom. The molecule has 0 spiro atoms. The number of nitrogens with one attached hydrogen (secondary N) is 1. The predicted molar refractivity (Wildman–Crippen MR) is 85.6 cm³/mol. The number of hydrogen-bond donors (Lipinski definition) is 1. The molecule has 1 unspecified atom stereocenters. The highest BCUT2D eigenvalue weighted by Gasteiger charge is 2.11. The Hall–Kier alpha value is -1.65. The molecule has 0 aliphatic carbocycles. The molecular formula is C17H15BrFNO. The molecule has 0 fully saturated rings. The number of fused-ring (bicyclic) bond motifs is 1. The Balaban J connectivity index is 1.72. The van der Waals surface area contributed by atoms with E-state index >= 15 is 0 Å². The molecule has 1 N–H and O–H groups in total. The number of halogens is 2. The van der Waals surface area contributed by atoms with Crippen molar-refractivity contribution in [3.63, 3.8) is 0 Å². The van der Waals surface area contributed by atoms with Crippen molar-refractivity contribution in [2.24, 2.45) is 0 Å². The highest BCUT2D eigenvalue weighted by atomic mass is 79.9. The van der Waals surface area contributed by atoms with Crippen molar-refractivity contribution in [2.45, 2.75) is 19.5 Å². The van der Waals surface area contributed by atoms with Crippen LogP contribution >= 0.6 is 15.9 Å². The van der Waals surface area contributed by atoms with Crippen molar-refractivity contribution >= 4 is 26.9 Å². The smallest absolute Gasteiger partial charge is 0.134 e. The van der Waals surface area contributed by atoms with Gasteiger partial charge < -0.3 is 9.73 Å². The van der Waals surface area contributed by atoms with Crippen LogP contribution in [0.5, 0.6) is 0 Å². The fourth-order valence-corrected chi connectivity index (χ4v) is 2.74. The lowest BCUT2D eigenvalue weighted by Gasteiger charge is -2.12. The number of hydrogen-bond acceptors (Lipinski definition) is 2. The quantitative estimate of drug-likeness (QED) is 0.702. The summed E-state index contributed by atoms with van der Waals surface area (Å²) in [4.78, 5) is 0. The van der Waals surface area contributed by atoms with Gasteiger partial charge in [0, 0.05) is 16.4 Å². The molecule has 0 saturated carbocycles. The van der Waals surface area contributed by atoms with Crippen LogP contribution in [0, 0.1) is 5.82 Å². The van der Waals surface area contributed by atoms with Gasteiger partial charge in [0.15, 0.2) is 0 Å². The van der Waals surface area contributed by atoms with Gasteiger partial charge in [-0.1, -0.05) is 40.2 Å². The minimum absolute atomic E-state index is 0.0781. The SMILES string of the molecule is CC(NCc1ccc(F)cc1Br)c1cc2ccccc2o1. The summed E-state index contributed by atoms with van der Waals surface area (Å²) in [5, 5.41) is 4.49. The Kier molecular flexibility index (Phi) is 4.08. The monoisotopic (exact) mass is 347 g/mol. The zero-order chi connectivity index (χ0) is 14.8. The molecule has 0 bridgehead atoms. The lowest BCUT2D eigenvalue weighted by molar-refractivity contribution is 0.450. The summed E-state index contributed by atoms with van der Waals surface area (Å²) in [6, 6.07) is 14.8. The van der Waals surface area contributed by atoms with Crippen molar-refractivity contribution < 1.29 is 8.81 Å². The van der Waals surface area contributed by atoms with Crippen molar-refractivity contribution in [3.8, 4) is 0 Å². The Bertz CT molecular complexity index is 735. The molecule has 21 heavy (non-hydrogen) atoms. The molecule has 0 amide bonds. The molecule has 1 heterocycles. The standard InChI is InChI=1S/C17H15BrFNO/c1-11(17-8-12-4-2-3-5-16(12)21-17)20-10-13-6-7-14(19)9-15(13)18/h2-9,11,20H,10H2,1H3. The van der Waals surface area contributed by atoms with Gasteiger partial charge in [-0.25, -0.2) is 4.39 Å². The molecule has 3 rings (SSSR count). The van der Waals surface area contributed by atoms with E-state index in [0.717, 1.165) is 26.8 Å². The molecule has 108 valence electrons. The molecular weight excluding hydrogens is 333 g/mol. The van der Waals surface area contributed by atoms with Crippen molar-refractivity contribution in [3.05, 3.63) is 70.1 Å². The zero-order valence-corrected chi connectivity index (χ0v) is 13.2. The van der Waals surface area contributed by atoms with Crippen LogP contribution in [0.15, 0.2) is 57.4 Å². The molecule has 1 atom stereocenters. The van der Waals surface area contributed by atoms with E-state index in [-0.39, 0.29) is 11.9 Å². The zero-order valence-electron chi connectivity index (χ0n) is 11.6. The Labute approximate surface area is 131 Å². The first-order valence-corrected chi connectivity index (χ1v) is 7.58. The molecule has 0 aliphatic rings. The van der Waals surface area contributed by atoms with Gasteiger partial charge in [-0.2, -0.15) is 0 Å². The van der Waals surface area contributed by atoms with E-state index in [4.69, 9.17) is 4.42 Å². The second-order valence-electron chi connectivity index (χ2n) is 5.02. The summed E-state index contributed by atoms with van der Waals surface area (Å²) in [7, 11) is 0. The number of benzene rings is 2. The summed E-state index contributed by atoms with van der Waals surface area (Å²) in [6.07, 6.45) is 0. The first-order valence-electron chi connectivity index (χ1n) is 6.79. The molecule has 0 saturated heterocycles. The average Bonchev–Trinajstić information content (AvgIpc) is 2.90. The fraction of sp³-hybridized carbons (Fsp3) is 0.176. The van der Waals surface area contributed by atoms with Crippen LogP contribution in [0.25, 0.3) is 11.0 Å². The molecule has 2 aromatic carbocycles. The number of rotatable bonds is 4. The van der Waals surface area contributed by atoms with Crippen LogP contribution in [-0.2, 0) is 6.54 Å². The van der Waals surface area contributed by atoms with Gasteiger partial charge in [0.2, 0.25) is 0 Å². The van der Waals surface area contributed by atoms with Gasteiger partial charge >= 0.3 is 0 Å². The van der Waals surface area contributed by atoms with Crippen LogP contribution in [0.2, 0.25) is 0 Å². The molecule has 1 aromatic heterocycles. The lowest BCUT2D eigenvalue weighted by atomic mass is 10.2. The maximum atomic E-state index is 13.1. The second kappa shape index (κ2) is 6.00. The summed E-state index contributed by atoms with van der Waals surface area (Å²) in [5.74, 6) is 0.658. The summed E-state index contributed by atoms with van der Waals surface area (Å²) in [6.45, 7) is 2.69. The van der Waals surface area contributed by atoms with E-state index in [0.29, 0.717) is 6.54 Å². The third-order valence-electron chi connectivity index (χ3n) is 3.49. The van der Waals surface area contributed by atoms with E-state index in [9.17, 15) is 4.39 Å². The lowest BCUT2D eigenvalue weighted by Crippen LogP contribution is -2.17. The van der Waals surface area contributed by atoms with E-state index < -0.39 is 0 Å². The van der Waals surface area contributed by atoms with Crippen LogP contribution in [-0.4, -0.2) is 0 Å². The van der Waals surface area contributed by atoms with Crippen LogP contribution < -0.4 is 5.32 Å². The van der Waals surface area contributed by atoms with E-state index in [1.807, 2.05) is 30.3 Å². The Morgan fingerprint density at radius 3 is 2.76 bits per heavy atom. The molecule has 0 aliphatic heterocycles. The second-order valence-corrected chi connectivity index (χ2v) is 5.88.